The fourth-order valence-electron chi connectivity index (χ4n) is 2.44. The Hall–Kier alpha value is -1.63. The standard InChI is InChI=1S/C15H25N5OS/c1-6-16-14(22)20-9-7-8-19(20)13(21)11-10-12(15(2,3)4)17-18(11)5/h10H,6-9H2,1-5H3,(H,16,22). The number of rotatable bonds is 2. The number of hydrazine groups is 1. The lowest BCUT2D eigenvalue weighted by Gasteiger charge is -2.29. The zero-order valence-electron chi connectivity index (χ0n) is 14.0. The molecule has 7 heteroatoms. The van der Waals surface area contributed by atoms with E-state index in [4.69, 9.17) is 12.2 Å². The van der Waals surface area contributed by atoms with Crippen molar-refractivity contribution >= 4 is 23.2 Å². The van der Waals surface area contributed by atoms with E-state index in [-0.39, 0.29) is 11.3 Å². The fraction of sp³-hybridized carbons (Fsp3) is 0.667. The normalized spacial score (nSPS) is 15.3. The van der Waals surface area contributed by atoms with Gasteiger partial charge in [-0.2, -0.15) is 5.10 Å². The van der Waals surface area contributed by atoms with Crippen LogP contribution in [0.2, 0.25) is 0 Å². The van der Waals surface area contributed by atoms with Gasteiger partial charge in [-0.1, -0.05) is 20.8 Å². The van der Waals surface area contributed by atoms with E-state index in [1.165, 1.54) is 0 Å². The maximum absolute atomic E-state index is 12.9. The first-order valence-corrected chi connectivity index (χ1v) is 8.08. The second-order valence-corrected chi connectivity index (χ2v) is 6.92. The van der Waals surface area contributed by atoms with Crippen LogP contribution in [0.3, 0.4) is 0 Å². The van der Waals surface area contributed by atoms with Gasteiger partial charge in [0, 0.05) is 32.1 Å². The molecule has 0 aliphatic carbocycles. The largest absolute Gasteiger partial charge is 0.361 e. The highest BCUT2D eigenvalue weighted by molar-refractivity contribution is 7.80. The van der Waals surface area contributed by atoms with Crippen molar-refractivity contribution < 1.29 is 4.79 Å². The fourth-order valence-corrected chi connectivity index (χ4v) is 2.78. The molecule has 0 unspecified atom stereocenters. The number of nitrogens with zero attached hydrogens (tertiary/aromatic N) is 4. The number of carbonyl (C=O) groups excluding carboxylic acids is 1. The molecule has 2 heterocycles. The molecular formula is C15H25N5OS. The molecular weight excluding hydrogens is 298 g/mol. The molecule has 0 bridgehead atoms. The van der Waals surface area contributed by atoms with Gasteiger partial charge in [-0.25, -0.2) is 5.01 Å². The lowest BCUT2D eigenvalue weighted by atomic mass is 9.92. The monoisotopic (exact) mass is 323 g/mol. The summed E-state index contributed by atoms with van der Waals surface area (Å²) in [5.41, 5.74) is 1.43. The molecule has 2 rings (SSSR count). The maximum atomic E-state index is 12.9. The highest BCUT2D eigenvalue weighted by atomic mass is 32.1. The number of thiocarbonyl (C=S) groups is 1. The van der Waals surface area contributed by atoms with Gasteiger partial charge in [0.05, 0.1) is 5.69 Å². The van der Waals surface area contributed by atoms with Gasteiger partial charge < -0.3 is 5.32 Å². The van der Waals surface area contributed by atoms with Gasteiger partial charge in [-0.3, -0.25) is 14.5 Å². The topological polar surface area (TPSA) is 53.4 Å². The number of hydrogen-bond acceptors (Lipinski definition) is 3. The van der Waals surface area contributed by atoms with Crippen LogP contribution in [-0.2, 0) is 12.5 Å². The minimum Gasteiger partial charge on any atom is -0.361 e. The number of aryl methyl sites for hydroxylation is 1. The molecule has 0 spiro atoms. The van der Waals surface area contributed by atoms with Crippen LogP contribution in [0.15, 0.2) is 6.07 Å². The van der Waals surface area contributed by atoms with E-state index in [0.29, 0.717) is 17.4 Å². The molecule has 22 heavy (non-hydrogen) atoms. The Kier molecular flexibility index (Phi) is 4.75. The number of hydrogen-bond donors (Lipinski definition) is 1. The van der Waals surface area contributed by atoms with E-state index in [0.717, 1.165) is 25.2 Å². The predicted molar refractivity (Wildman–Crippen MR) is 90.5 cm³/mol. The molecule has 1 fully saturated rings. The molecule has 1 saturated heterocycles. The van der Waals surface area contributed by atoms with Gasteiger partial charge in [-0.05, 0) is 31.6 Å². The molecule has 0 atom stereocenters. The van der Waals surface area contributed by atoms with Gasteiger partial charge in [0.15, 0.2) is 5.11 Å². The summed E-state index contributed by atoms with van der Waals surface area (Å²) in [4.78, 5) is 12.9. The number of carbonyl (C=O) groups is 1. The Morgan fingerprint density at radius 3 is 2.55 bits per heavy atom. The highest BCUT2D eigenvalue weighted by Crippen LogP contribution is 2.23. The minimum atomic E-state index is -0.0833. The lowest BCUT2D eigenvalue weighted by molar-refractivity contribution is 0.0480. The first-order chi connectivity index (χ1) is 10.3. The van der Waals surface area contributed by atoms with Crippen LogP contribution < -0.4 is 5.32 Å². The number of nitrogens with one attached hydrogen (secondary N) is 1. The van der Waals surface area contributed by atoms with Crippen LogP contribution in [0.25, 0.3) is 0 Å². The SMILES string of the molecule is CCNC(=S)N1CCCN1C(=O)c1cc(C(C)(C)C)nn1C. The van der Waals surface area contributed by atoms with E-state index in [9.17, 15) is 4.79 Å². The van der Waals surface area contributed by atoms with Crippen molar-refractivity contribution in [1.29, 1.82) is 0 Å². The third-order valence-electron chi connectivity index (χ3n) is 3.70. The minimum absolute atomic E-state index is 0.0525. The smallest absolute Gasteiger partial charge is 0.290 e. The summed E-state index contributed by atoms with van der Waals surface area (Å²) >= 11 is 5.36. The summed E-state index contributed by atoms with van der Waals surface area (Å²) in [7, 11) is 1.81. The number of amides is 1. The molecule has 0 saturated carbocycles. The van der Waals surface area contributed by atoms with E-state index in [2.05, 4.69) is 31.2 Å². The average molecular weight is 323 g/mol. The van der Waals surface area contributed by atoms with Gasteiger partial charge in [0.2, 0.25) is 0 Å². The Morgan fingerprint density at radius 1 is 1.36 bits per heavy atom. The third kappa shape index (κ3) is 3.24. The third-order valence-corrected chi connectivity index (χ3v) is 4.05. The molecule has 1 aliphatic rings. The van der Waals surface area contributed by atoms with Crippen molar-refractivity contribution in [1.82, 2.24) is 25.1 Å². The molecule has 6 nitrogen and oxygen atoms in total. The van der Waals surface area contributed by atoms with Gasteiger partial charge in [0.1, 0.15) is 5.69 Å². The average Bonchev–Trinajstić information content (AvgIpc) is 3.03. The molecule has 0 radical (unpaired) electrons. The zero-order chi connectivity index (χ0) is 16.5. The van der Waals surface area contributed by atoms with Crippen LogP contribution in [0.1, 0.15) is 50.3 Å². The predicted octanol–water partition coefficient (Wildman–Crippen LogP) is 1.67. The lowest BCUT2D eigenvalue weighted by Crippen LogP contribution is -2.49. The van der Waals surface area contributed by atoms with Crippen LogP contribution in [-0.4, -0.2) is 50.5 Å². The molecule has 122 valence electrons. The van der Waals surface area contributed by atoms with Crippen LogP contribution in [0.5, 0.6) is 0 Å². The Morgan fingerprint density at radius 2 is 2.00 bits per heavy atom. The molecule has 1 amide bonds. The first-order valence-electron chi connectivity index (χ1n) is 7.67. The Bertz CT molecular complexity index is 575. The quantitative estimate of drug-likeness (QED) is 0.839. The summed E-state index contributed by atoms with van der Waals surface area (Å²) < 4.78 is 1.66. The highest BCUT2D eigenvalue weighted by Gasteiger charge is 2.32. The summed E-state index contributed by atoms with van der Waals surface area (Å²) in [6, 6.07) is 1.88. The first kappa shape index (κ1) is 16.7. The van der Waals surface area contributed by atoms with E-state index >= 15 is 0 Å². The van der Waals surface area contributed by atoms with Crippen molar-refractivity contribution in [3.63, 3.8) is 0 Å². The molecule has 1 aromatic heterocycles. The van der Waals surface area contributed by atoms with Crippen molar-refractivity contribution in [2.75, 3.05) is 19.6 Å². The molecule has 1 aliphatic heterocycles. The van der Waals surface area contributed by atoms with E-state index in [1.54, 1.807) is 9.69 Å². The zero-order valence-corrected chi connectivity index (χ0v) is 14.8. The van der Waals surface area contributed by atoms with Crippen LogP contribution in [0, 0.1) is 0 Å². The van der Waals surface area contributed by atoms with Crippen molar-refractivity contribution in [2.45, 2.75) is 39.5 Å². The summed E-state index contributed by atoms with van der Waals surface area (Å²) in [5, 5.41) is 11.8. The summed E-state index contributed by atoms with van der Waals surface area (Å²) in [5.74, 6) is -0.0525. The Balaban J connectivity index is 2.24. The summed E-state index contributed by atoms with van der Waals surface area (Å²) in [6.07, 6.45) is 0.918. The second kappa shape index (κ2) is 6.24. The van der Waals surface area contributed by atoms with Crippen molar-refractivity contribution in [3.05, 3.63) is 17.5 Å². The molecule has 1 N–H and O–H groups in total. The molecule has 0 aromatic carbocycles. The molecule has 1 aromatic rings. The van der Waals surface area contributed by atoms with Crippen molar-refractivity contribution in [3.8, 4) is 0 Å². The second-order valence-electron chi connectivity index (χ2n) is 6.53. The summed E-state index contributed by atoms with van der Waals surface area (Å²) in [6.45, 7) is 10.5. The maximum Gasteiger partial charge on any atom is 0.290 e. The van der Waals surface area contributed by atoms with Crippen molar-refractivity contribution in [2.24, 2.45) is 7.05 Å². The Labute approximate surface area is 137 Å². The van der Waals surface area contributed by atoms with Gasteiger partial charge >= 0.3 is 0 Å². The van der Waals surface area contributed by atoms with Crippen LogP contribution >= 0.6 is 12.2 Å². The van der Waals surface area contributed by atoms with Gasteiger partial charge in [-0.15, -0.1) is 0 Å². The van der Waals surface area contributed by atoms with Crippen LogP contribution in [0.4, 0.5) is 0 Å². The van der Waals surface area contributed by atoms with Gasteiger partial charge in [0.25, 0.3) is 5.91 Å². The van der Waals surface area contributed by atoms with E-state index in [1.807, 2.05) is 25.0 Å². The van der Waals surface area contributed by atoms with E-state index < -0.39 is 0 Å². The number of aromatic nitrogens is 2.